The zero-order valence-electron chi connectivity index (χ0n) is 20.9. The van der Waals surface area contributed by atoms with Crippen LogP contribution in [0.15, 0.2) is 108 Å². The zero-order chi connectivity index (χ0) is 27.3. The predicted octanol–water partition coefficient (Wildman–Crippen LogP) is 5.30. The maximum absolute atomic E-state index is 13.6. The van der Waals surface area contributed by atoms with Gasteiger partial charge in [0.25, 0.3) is 0 Å². The van der Waals surface area contributed by atoms with Crippen LogP contribution in [0, 0.1) is 0 Å². The minimum absolute atomic E-state index is 0.0949. The largest absolute Gasteiger partial charge is 0.508 e. The fourth-order valence-electron chi connectivity index (χ4n) is 4.35. The van der Waals surface area contributed by atoms with E-state index in [4.69, 9.17) is 0 Å². The number of piperidine rings is 1. The Morgan fingerprint density at radius 2 is 1.24 bits per heavy atom. The molecule has 3 aromatic carbocycles. The summed E-state index contributed by atoms with van der Waals surface area (Å²) < 4.78 is 28.3. The molecule has 0 aliphatic carbocycles. The lowest BCUT2D eigenvalue weighted by atomic mass is 9.94. The van der Waals surface area contributed by atoms with Gasteiger partial charge in [-0.05, 0) is 83.6 Å². The van der Waals surface area contributed by atoms with Crippen LogP contribution in [0.5, 0.6) is 11.5 Å². The van der Waals surface area contributed by atoms with Crippen molar-refractivity contribution in [2.45, 2.75) is 17.7 Å². The Balaban J connectivity index is 1.80. The van der Waals surface area contributed by atoms with Gasteiger partial charge in [0.15, 0.2) is 5.78 Å². The highest BCUT2D eigenvalue weighted by Gasteiger charge is 2.34. The van der Waals surface area contributed by atoms with Gasteiger partial charge in [0, 0.05) is 24.2 Å². The van der Waals surface area contributed by atoms with E-state index in [-0.39, 0.29) is 35.3 Å². The van der Waals surface area contributed by atoms with E-state index in [1.54, 1.807) is 78.9 Å². The van der Waals surface area contributed by atoms with Crippen LogP contribution in [0.4, 0.5) is 0 Å². The molecular weight excluding hydrogens is 498 g/mol. The summed E-state index contributed by atoms with van der Waals surface area (Å²) in [5, 5.41) is 20.3. The van der Waals surface area contributed by atoms with Crippen LogP contribution in [0.2, 0.25) is 0 Å². The monoisotopic (exact) mass is 527 g/mol. The van der Waals surface area contributed by atoms with Gasteiger partial charge in [-0.1, -0.05) is 42.5 Å². The van der Waals surface area contributed by atoms with Crippen LogP contribution >= 0.6 is 0 Å². The highest BCUT2D eigenvalue weighted by atomic mass is 32.2. The van der Waals surface area contributed by atoms with E-state index in [9.17, 15) is 23.4 Å². The number of benzene rings is 3. The number of hydrogen-bond donors (Lipinski definition) is 2. The van der Waals surface area contributed by atoms with E-state index >= 15 is 0 Å². The zero-order valence-corrected chi connectivity index (χ0v) is 21.7. The SMILES string of the molecule is C=CCc1cc(/C=C2\CN(S(=O)(=O)c3ccccc3)C/C(=C\c3ccc(O)c(CC=C)c3)C2=O)ccc1O. The Morgan fingerprint density at radius 3 is 1.68 bits per heavy atom. The third kappa shape index (κ3) is 5.85. The van der Waals surface area contributed by atoms with Gasteiger partial charge in [0.05, 0.1) is 4.90 Å². The molecule has 38 heavy (non-hydrogen) atoms. The molecule has 0 bridgehead atoms. The summed E-state index contributed by atoms with van der Waals surface area (Å²) in [6, 6.07) is 18.1. The number of carbonyl (C=O) groups is 1. The van der Waals surface area contributed by atoms with Gasteiger partial charge in [0.2, 0.25) is 10.0 Å². The van der Waals surface area contributed by atoms with Gasteiger partial charge in [-0.2, -0.15) is 4.31 Å². The van der Waals surface area contributed by atoms with E-state index in [0.29, 0.717) is 46.2 Å². The highest BCUT2D eigenvalue weighted by Crippen LogP contribution is 2.29. The molecule has 3 aromatic rings. The first-order valence-electron chi connectivity index (χ1n) is 12.1. The molecule has 0 unspecified atom stereocenters. The van der Waals surface area contributed by atoms with Crippen molar-refractivity contribution in [1.29, 1.82) is 0 Å². The van der Waals surface area contributed by atoms with Crippen molar-refractivity contribution in [1.82, 2.24) is 4.31 Å². The normalized spacial score (nSPS) is 16.6. The number of phenolic OH excluding ortho intramolecular Hbond substituents is 2. The molecule has 0 atom stereocenters. The number of aromatic hydroxyl groups is 2. The Bertz CT molecular complexity index is 1470. The van der Waals surface area contributed by atoms with Crippen LogP contribution < -0.4 is 0 Å². The smallest absolute Gasteiger partial charge is 0.243 e. The van der Waals surface area contributed by atoms with E-state index in [1.165, 1.54) is 16.4 Å². The summed E-state index contributed by atoms with van der Waals surface area (Å²) in [7, 11) is -3.89. The molecule has 1 aliphatic heterocycles. The van der Waals surface area contributed by atoms with Crippen molar-refractivity contribution < 1.29 is 23.4 Å². The summed E-state index contributed by atoms with van der Waals surface area (Å²) in [6.45, 7) is 7.23. The number of phenols is 2. The number of carbonyl (C=O) groups excluding carboxylic acids is 1. The van der Waals surface area contributed by atoms with Gasteiger partial charge >= 0.3 is 0 Å². The van der Waals surface area contributed by atoms with Gasteiger partial charge < -0.3 is 10.2 Å². The van der Waals surface area contributed by atoms with E-state index in [0.717, 1.165) is 0 Å². The number of hydrogen-bond acceptors (Lipinski definition) is 5. The lowest BCUT2D eigenvalue weighted by Crippen LogP contribution is -2.41. The molecule has 0 saturated carbocycles. The first kappa shape index (κ1) is 26.9. The predicted molar refractivity (Wildman–Crippen MR) is 150 cm³/mol. The molecule has 1 fully saturated rings. The van der Waals surface area contributed by atoms with Crippen LogP contribution in [0.1, 0.15) is 22.3 Å². The van der Waals surface area contributed by atoms with Crippen molar-refractivity contribution in [2.24, 2.45) is 0 Å². The quantitative estimate of drug-likeness (QED) is 0.306. The number of Topliss-reactive ketones (excluding diaryl/α,β-unsaturated/α-hetero) is 1. The molecule has 194 valence electrons. The Hall–Kier alpha value is -4.20. The van der Waals surface area contributed by atoms with Gasteiger partial charge in [-0.3, -0.25) is 4.79 Å². The Kier molecular flexibility index (Phi) is 8.10. The van der Waals surface area contributed by atoms with Crippen molar-refractivity contribution in [3.05, 3.63) is 125 Å². The van der Waals surface area contributed by atoms with Crippen LogP contribution in [0.3, 0.4) is 0 Å². The number of allylic oxidation sites excluding steroid dienone is 2. The van der Waals surface area contributed by atoms with Crippen LogP contribution in [0.25, 0.3) is 12.2 Å². The minimum atomic E-state index is -3.89. The van der Waals surface area contributed by atoms with Crippen LogP contribution in [-0.4, -0.2) is 41.8 Å². The summed E-state index contributed by atoms with van der Waals surface area (Å²) >= 11 is 0. The molecule has 4 rings (SSSR count). The molecule has 2 N–H and O–H groups in total. The third-order valence-electron chi connectivity index (χ3n) is 6.28. The Labute approximate surface area is 223 Å². The molecule has 6 nitrogen and oxygen atoms in total. The molecule has 0 aromatic heterocycles. The van der Waals surface area contributed by atoms with E-state index < -0.39 is 10.0 Å². The number of sulfonamides is 1. The van der Waals surface area contributed by atoms with E-state index in [2.05, 4.69) is 13.2 Å². The molecule has 0 radical (unpaired) electrons. The molecular formula is C31H29NO5S. The highest BCUT2D eigenvalue weighted by molar-refractivity contribution is 7.89. The van der Waals surface area contributed by atoms with Crippen molar-refractivity contribution in [3.8, 4) is 11.5 Å². The topological polar surface area (TPSA) is 94.9 Å². The summed E-state index contributed by atoms with van der Waals surface area (Å²) in [5.74, 6) is -0.0155. The number of ketones is 1. The maximum atomic E-state index is 13.6. The summed E-state index contributed by atoms with van der Waals surface area (Å²) in [4.78, 5) is 13.8. The second kappa shape index (κ2) is 11.5. The second-order valence-corrected chi connectivity index (χ2v) is 11.0. The fourth-order valence-corrected chi connectivity index (χ4v) is 5.77. The van der Waals surface area contributed by atoms with Crippen molar-refractivity contribution >= 4 is 28.0 Å². The second-order valence-electron chi connectivity index (χ2n) is 9.02. The van der Waals surface area contributed by atoms with Crippen LogP contribution in [-0.2, 0) is 27.7 Å². The molecule has 7 heteroatoms. The molecule has 0 amide bonds. The van der Waals surface area contributed by atoms with Gasteiger partial charge in [-0.25, -0.2) is 8.42 Å². The third-order valence-corrected chi connectivity index (χ3v) is 8.08. The standard InChI is InChI=1S/C31H29NO5S/c1-3-8-24-16-22(12-14-29(24)33)18-26-20-32(38(36,37)28-10-6-5-7-11-28)21-27(31(26)35)19-23-13-15-30(34)25(17-23)9-4-2/h3-7,10-19,33-34H,1-2,8-9,20-21H2/b26-18+,27-19+. The fraction of sp³-hybridized carbons (Fsp3) is 0.129. The van der Waals surface area contributed by atoms with Gasteiger partial charge in [-0.15, -0.1) is 13.2 Å². The van der Waals surface area contributed by atoms with Crippen molar-refractivity contribution in [3.63, 3.8) is 0 Å². The molecule has 1 aliphatic rings. The molecule has 0 spiro atoms. The first-order chi connectivity index (χ1) is 18.2. The maximum Gasteiger partial charge on any atom is 0.243 e. The lowest BCUT2D eigenvalue weighted by Gasteiger charge is -2.29. The minimum Gasteiger partial charge on any atom is -0.508 e. The number of rotatable bonds is 8. The van der Waals surface area contributed by atoms with Gasteiger partial charge in [0.1, 0.15) is 11.5 Å². The molecule has 1 saturated heterocycles. The first-order valence-corrected chi connectivity index (χ1v) is 13.5. The summed E-state index contributed by atoms with van der Waals surface area (Å²) in [6.07, 6.45) is 7.56. The van der Waals surface area contributed by atoms with E-state index in [1.807, 2.05) is 0 Å². The average molecular weight is 528 g/mol. The van der Waals surface area contributed by atoms with Crippen molar-refractivity contribution in [2.75, 3.05) is 13.1 Å². The number of nitrogens with zero attached hydrogens (tertiary/aromatic N) is 1. The lowest BCUT2D eigenvalue weighted by molar-refractivity contribution is -0.113. The average Bonchev–Trinajstić information content (AvgIpc) is 2.91. The molecule has 1 heterocycles. The summed E-state index contributed by atoms with van der Waals surface area (Å²) in [5.41, 5.74) is 3.25. The Morgan fingerprint density at radius 1 is 0.763 bits per heavy atom.